The van der Waals surface area contributed by atoms with Crippen molar-refractivity contribution in [3.05, 3.63) is 33.4 Å². The molecule has 9 heteroatoms. The molecule has 9 nitrogen and oxygen atoms in total. The fourth-order valence-corrected chi connectivity index (χ4v) is 4.01. The fraction of sp³-hybridized carbons (Fsp3) is 0.600. The van der Waals surface area contributed by atoms with Gasteiger partial charge >= 0.3 is 6.09 Å². The van der Waals surface area contributed by atoms with Crippen LogP contribution in [0.5, 0.6) is 0 Å². The summed E-state index contributed by atoms with van der Waals surface area (Å²) in [5.41, 5.74) is 1.16. The van der Waals surface area contributed by atoms with Crippen molar-refractivity contribution in [1.29, 1.82) is 0 Å². The lowest BCUT2D eigenvalue weighted by Crippen LogP contribution is -2.45. The van der Waals surface area contributed by atoms with E-state index in [1.807, 2.05) is 27.7 Å². The maximum atomic E-state index is 12.9. The SMILES string of the molecule is CCc1cc2nc3c(c(=O)n2[nH]1)CN(CC1CCCN1C(=O)OC(C)(C)C)C3=O. The number of aryl methyl sites for hydroxylation is 1. The second-order valence-electron chi connectivity index (χ2n) is 8.73. The molecule has 29 heavy (non-hydrogen) atoms. The third-order valence-corrected chi connectivity index (χ3v) is 5.42. The number of carbonyl (C=O) groups excluding carboxylic acids is 2. The summed E-state index contributed by atoms with van der Waals surface area (Å²) in [6.45, 7) is 8.67. The molecule has 1 N–H and O–H groups in total. The van der Waals surface area contributed by atoms with Crippen LogP contribution in [0.2, 0.25) is 0 Å². The van der Waals surface area contributed by atoms with E-state index in [0.29, 0.717) is 24.3 Å². The molecular formula is C20H27N5O4. The molecule has 0 spiro atoms. The number of aromatic nitrogens is 3. The Morgan fingerprint density at radius 2 is 2.10 bits per heavy atom. The van der Waals surface area contributed by atoms with Gasteiger partial charge in [-0.25, -0.2) is 14.3 Å². The Kier molecular flexibility index (Phi) is 4.63. The van der Waals surface area contributed by atoms with Crippen LogP contribution in [0.3, 0.4) is 0 Å². The number of hydrogen-bond donors (Lipinski definition) is 1. The highest BCUT2D eigenvalue weighted by Crippen LogP contribution is 2.25. The molecule has 0 radical (unpaired) electrons. The molecule has 1 unspecified atom stereocenters. The lowest BCUT2D eigenvalue weighted by molar-refractivity contribution is 0.0193. The highest BCUT2D eigenvalue weighted by molar-refractivity contribution is 5.96. The maximum Gasteiger partial charge on any atom is 0.410 e. The van der Waals surface area contributed by atoms with Crippen molar-refractivity contribution in [2.75, 3.05) is 13.1 Å². The molecule has 0 bridgehead atoms. The summed E-state index contributed by atoms with van der Waals surface area (Å²) >= 11 is 0. The van der Waals surface area contributed by atoms with E-state index in [9.17, 15) is 14.4 Å². The molecule has 2 aliphatic rings. The van der Waals surface area contributed by atoms with Crippen LogP contribution in [0.1, 0.15) is 62.3 Å². The second kappa shape index (κ2) is 6.89. The Balaban J connectivity index is 1.54. The van der Waals surface area contributed by atoms with Crippen LogP contribution >= 0.6 is 0 Å². The number of carbonyl (C=O) groups is 2. The number of aromatic amines is 1. The minimum atomic E-state index is -0.569. The van der Waals surface area contributed by atoms with Crippen molar-refractivity contribution >= 4 is 17.6 Å². The highest BCUT2D eigenvalue weighted by atomic mass is 16.6. The number of ether oxygens (including phenoxy) is 1. The predicted molar refractivity (Wildman–Crippen MR) is 106 cm³/mol. The molecule has 0 aliphatic carbocycles. The summed E-state index contributed by atoms with van der Waals surface area (Å²) in [6, 6.07) is 1.67. The zero-order valence-corrected chi connectivity index (χ0v) is 17.3. The van der Waals surface area contributed by atoms with E-state index < -0.39 is 5.60 Å². The van der Waals surface area contributed by atoms with Gasteiger partial charge in [-0.3, -0.25) is 14.7 Å². The van der Waals surface area contributed by atoms with Gasteiger partial charge in [0.05, 0.1) is 18.2 Å². The van der Waals surface area contributed by atoms with Gasteiger partial charge in [-0.05, 0) is 40.0 Å². The number of rotatable bonds is 3. The molecule has 2 aromatic rings. The monoisotopic (exact) mass is 401 g/mol. The first kappa shape index (κ1) is 19.5. The first-order valence-corrected chi connectivity index (χ1v) is 10.1. The van der Waals surface area contributed by atoms with Crippen LogP contribution in [0.4, 0.5) is 4.79 Å². The first-order chi connectivity index (χ1) is 13.7. The van der Waals surface area contributed by atoms with Gasteiger partial charge in [0.25, 0.3) is 11.5 Å². The fourth-order valence-electron chi connectivity index (χ4n) is 4.01. The van der Waals surface area contributed by atoms with E-state index >= 15 is 0 Å². The van der Waals surface area contributed by atoms with Gasteiger partial charge in [0, 0.05) is 24.8 Å². The standard InChI is InChI=1S/C20H27N5O4/c1-5-12-9-15-21-16-14(17(26)25(15)22-12)11-23(18(16)27)10-13-7-6-8-24(13)19(28)29-20(2,3)4/h9,13,22H,5-8,10-11H2,1-4H3. The van der Waals surface area contributed by atoms with Gasteiger partial charge in [-0.2, -0.15) is 0 Å². The van der Waals surface area contributed by atoms with E-state index in [-0.39, 0.29) is 35.8 Å². The van der Waals surface area contributed by atoms with Crippen molar-refractivity contribution in [2.45, 2.75) is 65.1 Å². The van der Waals surface area contributed by atoms with Crippen molar-refractivity contribution in [3.63, 3.8) is 0 Å². The van der Waals surface area contributed by atoms with Crippen LogP contribution < -0.4 is 5.56 Å². The van der Waals surface area contributed by atoms with Crippen molar-refractivity contribution in [1.82, 2.24) is 24.4 Å². The summed E-state index contributed by atoms with van der Waals surface area (Å²) in [7, 11) is 0. The molecule has 2 aromatic heterocycles. The van der Waals surface area contributed by atoms with Crippen molar-refractivity contribution in [3.8, 4) is 0 Å². The molecule has 1 saturated heterocycles. The van der Waals surface area contributed by atoms with Gasteiger partial charge in [0.15, 0.2) is 5.65 Å². The van der Waals surface area contributed by atoms with Crippen LogP contribution in [0.25, 0.3) is 5.65 Å². The topological polar surface area (TPSA) is 100 Å². The molecule has 2 aliphatic heterocycles. The number of fused-ring (bicyclic) bond motifs is 2. The summed E-state index contributed by atoms with van der Waals surface area (Å²) in [4.78, 5) is 46.0. The quantitative estimate of drug-likeness (QED) is 0.847. The maximum absolute atomic E-state index is 12.9. The van der Waals surface area contributed by atoms with Crippen LogP contribution in [0, 0.1) is 0 Å². The molecule has 156 valence electrons. The van der Waals surface area contributed by atoms with Gasteiger partial charge in [0.2, 0.25) is 0 Å². The Labute approximate surface area is 168 Å². The van der Waals surface area contributed by atoms with Crippen LogP contribution in [0.15, 0.2) is 10.9 Å². The Morgan fingerprint density at radius 1 is 1.34 bits per heavy atom. The smallest absolute Gasteiger partial charge is 0.410 e. The lowest BCUT2D eigenvalue weighted by Gasteiger charge is -2.30. The van der Waals surface area contributed by atoms with Gasteiger partial charge < -0.3 is 14.5 Å². The molecule has 2 amide bonds. The lowest BCUT2D eigenvalue weighted by atomic mass is 10.2. The van der Waals surface area contributed by atoms with Crippen molar-refractivity contribution in [2.24, 2.45) is 0 Å². The average Bonchev–Trinajstić information content (AvgIpc) is 3.33. The Morgan fingerprint density at radius 3 is 2.79 bits per heavy atom. The number of nitrogens with one attached hydrogen (secondary N) is 1. The van der Waals surface area contributed by atoms with Gasteiger partial charge in [0.1, 0.15) is 11.3 Å². The van der Waals surface area contributed by atoms with E-state index in [0.717, 1.165) is 25.0 Å². The molecule has 0 aromatic carbocycles. The summed E-state index contributed by atoms with van der Waals surface area (Å²) in [5.74, 6) is -0.255. The number of H-pyrrole nitrogens is 1. The van der Waals surface area contributed by atoms with E-state index in [1.54, 1.807) is 15.9 Å². The average molecular weight is 401 g/mol. The minimum absolute atomic E-state index is 0.123. The molecule has 1 atom stereocenters. The number of nitrogens with zero attached hydrogens (tertiary/aromatic N) is 4. The summed E-state index contributed by atoms with van der Waals surface area (Å²) in [6.07, 6.45) is 2.05. The first-order valence-electron chi connectivity index (χ1n) is 10.1. The normalized spacial score (nSPS) is 19.3. The minimum Gasteiger partial charge on any atom is -0.444 e. The molecular weight excluding hydrogens is 374 g/mol. The second-order valence-corrected chi connectivity index (χ2v) is 8.73. The number of amides is 2. The van der Waals surface area contributed by atoms with Crippen LogP contribution in [-0.4, -0.2) is 61.1 Å². The predicted octanol–water partition coefficient (Wildman–Crippen LogP) is 1.94. The van der Waals surface area contributed by atoms with Crippen LogP contribution in [-0.2, 0) is 17.7 Å². The van der Waals surface area contributed by atoms with Gasteiger partial charge in [-0.15, -0.1) is 0 Å². The third kappa shape index (κ3) is 3.49. The Hall–Kier alpha value is -2.84. The van der Waals surface area contributed by atoms with E-state index in [1.165, 1.54) is 4.52 Å². The highest BCUT2D eigenvalue weighted by Gasteiger charge is 2.38. The van der Waals surface area contributed by atoms with E-state index in [2.05, 4.69) is 10.1 Å². The summed E-state index contributed by atoms with van der Waals surface area (Å²) < 4.78 is 6.90. The summed E-state index contributed by atoms with van der Waals surface area (Å²) in [5, 5.41) is 3.03. The Bertz CT molecular complexity index is 1030. The van der Waals surface area contributed by atoms with Gasteiger partial charge in [-0.1, -0.05) is 6.92 Å². The number of hydrogen-bond acceptors (Lipinski definition) is 5. The number of likely N-dealkylation sites (tertiary alicyclic amines) is 1. The molecule has 4 heterocycles. The molecule has 0 saturated carbocycles. The molecule has 4 rings (SSSR count). The van der Waals surface area contributed by atoms with E-state index in [4.69, 9.17) is 4.74 Å². The largest absolute Gasteiger partial charge is 0.444 e. The van der Waals surface area contributed by atoms with Crippen molar-refractivity contribution < 1.29 is 14.3 Å². The molecule has 1 fully saturated rings. The zero-order valence-electron chi connectivity index (χ0n) is 17.3. The zero-order chi connectivity index (χ0) is 20.9. The third-order valence-electron chi connectivity index (χ3n) is 5.42.